The number of likely N-dealkylation sites (tertiary alicyclic amines) is 1. The molecule has 0 radical (unpaired) electrons. The van der Waals surface area contributed by atoms with E-state index in [1.54, 1.807) is 12.1 Å². The first kappa shape index (κ1) is 21.5. The van der Waals surface area contributed by atoms with E-state index in [-0.39, 0.29) is 17.6 Å². The number of carbonyl (C=O) groups is 2. The highest BCUT2D eigenvalue weighted by atomic mass is 19.1. The molecule has 2 aromatic rings. The molecule has 0 bridgehead atoms. The predicted molar refractivity (Wildman–Crippen MR) is 119 cm³/mol. The molecule has 2 aliphatic heterocycles. The van der Waals surface area contributed by atoms with Crippen molar-refractivity contribution >= 4 is 11.8 Å². The maximum Gasteiger partial charge on any atom is 0.222 e. The molecule has 1 N–H and O–H groups in total. The van der Waals surface area contributed by atoms with Gasteiger partial charge in [-0.3, -0.25) is 9.59 Å². The van der Waals surface area contributed by atoms with Gasteiger partial charge in [0.05, 0.1) is 0 Å². The molecular weight excluding hydrogens is 391 g/mol. The summed E-state index contributed by atoms with van der Waals surface area (Å²) in [5.74, 6) is 0.320. The summed E-state index contributed by atoms with van der Waals surface area (Å²) in [6.45, 7) is 3.71. The van der Waals surface area contributed by atoms with Crippen molar-refractivity contribution < 1.29 is 14.0 Å². The molecule has 2 heterocycles. The Bertz CT molecular complexity index is 943. The van der Waals surface area contributed by atoms with E-state index in [1.807, 2.05) is 4.90 Å². The summed E-state index contributed by atoms with van der Waals surface area (Å²) in [7, 11) is 0. The van der Waals surface area contributed by atoms with E-state index in [0.29, 0.717) is 38.0 Å². The number of rotatable bonds is 6. The largest absolute Gasteiger partial charge is 0.350 e. The van der Waals surface area contributed by atoms with Gasteiger partial charge in [-0.25, -0.2) is 4.39 Å². The van der Waals surface area contributed by atoms with Crippen molar-refractivity contribution in [3.05, 3.63) is 71.0 Å². The summed E-state index contributed by atoms with van der Waals surface area (Å²) in [5, 5.41) is 3.13. The summed E-state index contributed by atoms with van der Waals surface area (Å²) in [6, 6.07) is 14.9. The number of hydrogen-bond donors (Lipinski definition) is 1. The van der Waals surface area contributed by atoms with Crippen molar-refractivity contribution in [2.45, 2.75) is 63.3 Å². The van der Waals surface area contributed by atoms with E-state index in [4.69, 9.17) is 0 Å². The lowest BCUT2D eigenvalue weighted by atomic mass is 9.84. The highest BCUT2D eigenvalue weighted by molar-refractivity contribution is 5.80. The third kappa shape index (κ3) is 5.15. The Morgan fingerprint density at radius 3 is 2.68 bits per heavy atom. The summed E-state index contributed by atoms with van der Waals surface area (Å²) in [4.78, 5) is 27.1. The zero-order valence-electron chi connectivity index (χ0n) is 18.2. The standard InChI is InChI=1S/C26H31FN2O2/c1-19-5-2-3-7-23(19)21-6-4-16-29(18-21)25(31)13-15-26(14-12-24(30)28-26)17-20-8-10-22(27)11-9-20/h2-3,5,7-11,21H,4,6,12-18H2,1H3,(H,28,30)/t21-,26-/m1/s1. The molecule has 31 heavy (non-hydrogen) atoms. The number of halogens is 1. The Hall–Kier alpha value is -2.69. The predicted octanol–water partition coefficient (Wildman–Crippen LogP) is 4.51. The minimum absolute atomic E-state index is 0.0344. The zero-order chi connectivity index (χ0) is 21.8. The van der Waals surface area contributed by atoms with Gasteiger partial charge in [-0.15, -0.1) is 0 Å². The Balaban J connectivity index is 1.40. The first-order chi connectivity index (χ1) is 14.9. The van der Waals surface area contributed by atoms with Gasteiger partial charge in [0.15, 0.2) is 0 Å². The van der Waals surface area contributed by atoms with Gasteiger partial charge in [-0.05, 0) is 67.9 Å². The molecule has 5 heteroatoms. The van der Waals surface area contributed by atoms with Crippen LogP contribution < -0.4 is 5.32 Å². The number of hydrogen-bond acceptors (Lipinski definition) is 2. The summed E-state index contributed by atoms with van der Waals surface area (Å²) in [6.07, 6.45) is 4.97. The fourth-order valence-electron chi connectivity index (χ4n) is 5.18. The topological polar surface area (TPSA) is 49.4 Å². The van der Waals surface area contributed by atoms with E-state index in [9.17, 15) is 14.0 Å². The van der Waals surface area contributed by atoms with Crippen LogP contribution in [0.3, 0.4) is 0 Å². The van der Waals surface area contributed by atoms with Crippen LogP contribution in [-0.4, -0.2) is 35.3 Å². The van der Waals surface area contributed by atoms with E-state index < -0.39 is 5.54 Å². The molecule has 0 aliphatic carbocycles. The average Bonchev–Trinajstić information content (AvgIpc) is 3.14. The molecule has 0 saturated carbocycles. The number of nitrogens with one attached hydrogen (secondary N) is 1. The van der Waals surface area contributed by atoms with E-state index >= 15 is 0 Å². The lowest BCUT2D eigenvalue weighted by Gasteiger charge is -2.35. The van der Waals surface area contributed by atoms with Crippen LogP contribution in [0.1, 0.15) is 61.1 Å². The summed E-state index contributed by atoms with van der Waals surface area (Å²) < 4.78 is 13.3. The van der Waals surface area contributed by atoms with Crippen molar-refractivity contribution in [1.29, 1.82) is 0 Å². The first-order valence-corrected chi connectivity index (χ1v) is 11.3. The second-order valence-electron chi connectivity index (χ2n) is 9.17. The third-order valence-electron chi connectivity index (χ3n) is 6.91. The molecule has 2 aromatic carbocycles. The molecule has 2 fully saturated rings. The van der Waals surface area contributed by atoms with Gasteiger partial charge in [0.25, 0.3) is 0 Å². The highest BCUT2D eigenvalue weighted by Crippen LogP contribution is 2.32. The number of nitrogens with zero attached hydrogens (tertiary/aromatic N) is 1. The van der Waals surface area contributed by atoms with Crippen LogP contribution >= 0.6 is 0 Å². The Morgan fingerprint density at radius 2 is 1.97 bits per heavy atom. The fourth-order valence-corrected chi connectivity index (χ4v) is 5.18. The van der Waals surface area contributed by atoms with Crippen LogP contribution in [0.5, 0.6) is 0 Å². The lowest BCUT2D eigenvalue weighted by Crippen LogP contribution is -2.45. The molecule has 2 amide bonds. The molecule has 4 nitrogen and oxygen atoms in total. The van der Waals surface area contributed by atoms with Gasteiger partial charge >= 0.3 is 0 Å². The molecule has 0 spiro atoms. The average molecular weight is 423 g/mol. The molecular formula is C26H31FN2O2. The second kappa shape index (κ2) is 9.21. The molecule has 0 aromatic heterocycles. The first-order valence-electron chi connectivity index (χ1n) is 11.3. The van der Waals surface area contributed by atoms with E-state index in [0.717, 1.165) is 31.5 Å². The maximum atomic E-state index is 13.3. The lowest BCUT2D eigenvalue weighted by molar-refractivity contribution is -0.133. The van der Waals surface area contributed by atoms with Crippen molar-refractivity contribution in [3.63, 3.8) is 0 Å². The van der Waals surface area contributed by atoms with Gasteiger partial charge in [0.1, 0.15) is 5.82 Å². The van der Waals surface area contributed by atoms with Crippen molar-refractivity contribution in [1.82, 2.24) is 10.2 Å². The minimum Gasteiger partial charge on any atom is -0.350 e. The van der Waals surface area contributed by atoms with Crippen LogP contribution in [-0.2, 0) is 16.0 Å². The van der Waals surface area contributed by atoms with E-state index in [1.165, 1.54) is 23.3 Å². The monoisotopic (exact) mass is 422 g/mol. The van der Waals surface area contributed by atoms with Crippen LogP contribution in [0.25, 0.3) is 0 Å². The van der Waals surface area contributed by atoms with Crippen LogP contribution in [0, 0.1) is 12.7 Å². The van der Waals surface area contributed by atoms with Gasteiger partial charge in [0.2, 0.25) is 11.8 Å². The molecule has 2 aliphatic rings. The van der Waals surface area contributed by atoms with Gasteiger partial charge in [-0.2, -0.15) is 0 Å². The summed E-state index contributed by atoms with van der Waals surface area (Å²) >= 11 is 0. The van der Waals surface area contributed by atoms with Crippen LogP contribution in [0.15, 0.2) is 48.5 Å². The number of benzene rings is 2. The molecule has 0 unspecified atom stereocenters. The van der Waals surface area contributed by atoms with Gasteiger partial charge < -0.3 is 10.2 Å². The van der Waals surface area contributed by atoms with Gasteiger partial charge in [0, 0.05) is 37.4 Å². The van der Waals surface area contributed by atoms with Gasteiger partial charge in [-0.1, -0.05) is 36.4 Å². The van der Waals surface area contributed by atoms with Crippen molar-refractivity contribution in [3.8, 4) is 0 Å². The van der Waals surface area contributed by atoms with E-state index in [2.05, 4.69) is 36.5 Å². The Morgan fingerprint density at radius 1 is 1.19 bits per heavy atom. The second-order valence-corrected chi connectivity index (χ2v) is 9.17. The normalized spacial score (nSPS) is 23.6. The van der Waals surface area contributed by atoms with Crippen molar-refractivity contribution in [2.75, 3.05) is 13.1 Å². The molecule has 4 rings (SSSR count). The number of carbonyl (C=O) groups excluding carboxylic acids is 2. The summed E-state index contributed by atoms with van der Waals surface area (Å²) in [5.41, 5.74) is 3.19. The highest BCUT2D eigenvalue weighted by Gasteiger charge is 2.38. The molecule has 164 valence electrons. The quantitative estimate of drug-likeness (QED) is 0.745. The number of piperidine rings is 1. The number of aryl methyl sites for hydroxylation is 1. The minimum atomic E-state index is -0.421. The van der Waals surface area contributed by atoms with Crippen LogP contribution in [0.2, 0.25) is 0 Å². The smallest absolute Gasteiger partial charge is 0.222 e. The molecule has 2 atom stereocenters. The van der Waals surface area contributed by atoms with Crippen molar-refractivity contribution in [2.24, 2.45) is 0 Å². The number of amides is 2. The fraction of sp³-hybridized carbons (Fsp3) is 0.462. The zero-order valence-corrected chi connectivity index (χ0v) is 18.2. The SMILES string of the molecule is Cc1ccccc1[C@@H]1CCCN(C(=O)CC[C@@]2(Cc3ccc(F)cc3)CCC(=O)N2)C1. The Labute approximate surface area is 183 Å². The Kier molecular flexibility index (Phi) is 6.40. The molecule has 2 saturated heterocycles. The van der Waals surface area contributed by atoms with Crippen LogP contribution in [0.4, 0.5) is 4.39 Å². The third-order valence-corrected chi connectivity index (χ3v) is 6.91. The maximum absolute atomic E-state index is 13.3.